The number of allylic oxidation sites excluding steroid dienone is 1. The molecule has 0 unspecified atom stereocenters. The van der Waals surface area contributed by atoms with Gasteiger partial charge in [-0.05, 0) is 60.2 Å². The molecule has 1 aliphatic heterocycles. The van der Waals surface area contributed by atoms with Gasteiger partial charge < -0.3 is 19.1 Å². The summed E-state index contributed by atoms with van der Waals surface area (Å²) in [4.78, 5) is 20.7. The number of aromatic nitrogens is 1. The van der Waals surface area contributed by atoms with Gasteiger partial charge in [0.05, 0.1) is 44.2 Å². The average Bonchev–Trinajstić information content (AvgIpc) is 2.87. The van der Waals surface area contributed by atoms with Crippen molar-refractivity contribution in [1.82, 2.24) is 9.88 Å². The molecule has 0 radical (unpaired) electrons. The number of hydrogen-bond donors (Lipinski definition) is 0. The molecule has 1 aliphatic carbocycles. The van der Waals surface area contributed by atoms with Crippen molar-refractivity contribution in [3.63, 3.8) is 0 Å². The van der Waals surface area contributed by atoms with Gasteiger partial charge in [0.2, 0.25) is 0 Å². The van der Waals surface area contributed by atoms with E-state index in [-0.39, 0.29) is 5.91 Å². The van der Waals surface area contributed by atoms with Crippen molar-refractivity contribution < 1.29 is 19.0 Å². The Kier molecular flexibility index (Phi) is 6.01. The summed E-state index contributed by atoms with van der Waals surface area (Å²) in [6, 6.07) is 13.9. The molecule has 2 heterocycles. The minimum absolute atomic E-state index is 0.0838. The van der Waals surface area contributed by atoms with E-state index in [1.807, 2.05) is 47.4 Å². The number of amides is 1. The highest BCUT2D eigenvalue weighted by Crippen LogP contribution is 2.37. The van der Waals surface area contributed by atoms with Crippen molar-refractivity contribution in [2.45, 2.75) is 19.3 Å². The number of benzene rings is 2. The van der Waals surface area contributed by atoms with Crippen molar-refractivity contribution in [3.05, 3.63) is 64.8 Å². The summed E-state index contributed by atoms with van der Waals surface area (Å²) in [5, 5.41) is 0.931. The largest absolute Gasteiger partial charge is 0.493 e. The van der Waals surface area contributed by atoms with E-state index in [0.29, 0.717) is 37.8 Å². The molecular weight excluding hydrogens is 416 g/mol. The maximum atomic E-state index is 13.7. The molecular formula is C27H28N2O4. The number of para-hydroxylation sites is 1. The van der Waals surface area contributed by atoms with Crippen LogP contribution in [0.3, 0.4) is 0 Å². The van der Waals surface area contributed by atoms with Crippen molar-refractivity contribution in [2.24, 2.45) is 0 Å². The first kappa shape index (κ1) is 21.5. The third kappa shape index (κ3) is 4.07. The fourth-order valence-electron chi connectivity index (χ4n) is 4.79. The van der Waals surface area contributed by atoms with Crippen LogP contribution in [0.25, 0.3) is 22.6 Å². The highest BCUT2D eigenvalue weighted by molar-refractivity contribution is 6.09. The number of rotatable bonds is 4. The number of carbonyl (C=O) groups is 1. The molecule has 2 aromatic carbocycles. The number of nitrogens with zero attached hydrogens (tertiary/aromatic N) is 2. The van der Waals surface area contributed by atoms with Crippen LogP contribution in [0.1, 0.15) is 40.0 Å². The lowest BCUT2D eigenvalue weighted by Gasteiger charge is -2.30. The molecule has 2 aliphatic rings. The van der Waals surface area contributed by atoms with E-state index in [1.165, 1.54) is 0 Å². The Balaban J connectivity index is 1.64. The number of ether oxygens (including phenoxy) is 3. The zero-order valence-corrected chi connectivity index (χ0v) is 19.1. The normalized spacial score (nSPS) is 17.2. The molecule has 1 fully saturated rings. The molecule has 5 rings (SSSR count). The lowest BCUT2D eigenvalue weighted by atomic mass is 9.85. The van der Waals surface area contributed by atoms with E-state index in [0.717, 1.165) is 58.1 Å². The highest BCUT2D eigenvalue weighted by atomic mass is 16.5. The molecule has 170 valence electrons. The summed E-state index contributed by atoms with van der Waals surface area (Å²) >= 11 is 0. The minimum atomic E-state index is 0.0838. The summed E-state index contributed by atoms with van der Waals surface area (Å²) in [5.41, 5.74) is 5.81. The summed E-state index contributed by atoms with van der Waals surface area (Å²) in [5.74, 6) is 1.48. The van der Waals surface area contributed by atoms with Gasteiger partial charge in [-0.15, -0.1) is 0 Å². The van der Waals surface area contributed by atoms with Crippen LogP contribution in [0.15, 0.2) is 42.5 Å². The predicted octanol–water partition coefficient (Wildman–Crippen LogP) is 4.60. The Hall–Kier alpha value is -3.38. The predicted molar refractivity (Wildman–Crippen MR) is 129 cm³/mol. The Labute approximate surface area is 193 Å². The average molecular weight is 445 g/mol. The first-order valence-electron chi connectivity index (χ1n) is 11.4. The van der Waals surface area contributed by atoms with Crippen molar-refractivity contribution in [3.8, 4) is 11.5 Å². The Bertz CT molecular complexity index is 1230. The van der Waals surface area contributed by atoms with E-state index in [1.54, 1.807) is 14.2 Å². The van der Waals surface area contributed by atoms with Gasteiger partial charge in [0, 0.05) is 18.5 Å². The summed E-state index contributed by atoms with van der Waals surface area (Å²) in [6.07, 6.45) is 4.90. The smallest absolute Gasteiger partial charge is 0.255 e. The lowest BCUT2D eigenvalue weighted by molar-refractivity contribution is 0.0303. The summed E-state index contributed by atoms with van der Waals surface area (Å²) < 4.78 is 16.3. The molecule has 0 N–H and O–H groups in total. The van der Waals surface area contributed by atoms with Crippen LogP contribution in [0.5, 0.6) is 11.5 Å². The van der Waals surface area contributed by atoms with Gasteiger partial charge in [0.25, 0.3) is 5.91 Å². The second-order valence-electron chi connectivity index (χ2n) is 8.37. The van der Waals surface area contributed by atoms with Crippen LogP contribution >= 0.6 is 0 Å². The molecule has 1 aromatic heterocycles. The Morgan fingerprint density at radius 3 is 2.61 bits per heavy atom. The van der Waals surface area contributed by atoms with E-state index in [4.69, 9.17) is 19.2 Å². The number of morpholine rings is 1. The maximum absolute atomic E-state index is 13.7. The molecule has 0 spiro atoms. The van der Waals surface area contributed by atoms with E-state index < -0.39 is 0 Å². The Morgan fingerprint density at radius 1 is 1.03 bits per heavy atom. The van der Waals surface area contributed by atoms with Gasteiger partial charge >= 0.3 is 0 Å². The molecule has 33 heavy (non-hydrogen) atoms. The van der Waals surface area contributed by atoms with E-state index >= 15 is 0 Å². The second kappa shape index (κ2) is 9.24. The lowest BCUT2D eigenvalue weighted by Crippen LogP contribution is -2.41. The van der Waals surface area contributed by atoms with Gasteiger partial charge in [-0.1, -0.05) is 24.3 Å². The fourth-order valence-corrected chi connectivity index (χ4v) is 4.79. The van der Waals surface area contributed by atoms with Crippen LogP contribution in [0.4, 0.5) is 0 Å². The number of hydrogen-bond acceptors (Lipinski definition) is 5. The van der Waals surface area contributed by atoms with Crippen LogP contribution in [-0.2, 0) is 11.2 Å². The zero-order chi connectivity index (χ0) is 22.8. The molecule has 0 bridgehead atoms. The molecule has 1 saturated heterocycles. The van der Waals surface area contributed by atoms with Crippen LogP contribution in [-0.4, -0.2) is 56.3 Å². The SMILES string of the molecule is COc1ccc(C=C2CCCc3c2nc2ccccc2c3C(=O)N2CCOCC2)cc1OC. The molecule has 6 nitrogen and oxygen atoms in total. The van der Waals surface area contributed by atoms with Gasteiger partial charge in [0.1, 0.15) is 0 Å². The monoisotopic (exact) mass is 444 g/mol. The molecule has 0 saturated carbocycles. The van der Waals surface area contributed by atoms with Crippen molar-refractivity contribution >= 4 is 28.5 Å². The molecule has 3 aromatic rings. The van der Waals surface area contributed by atoms with Crippen molar-refractivity contribution in [2.75, 3.05) is 40.5 Å². The molecule has 6 heteroatoms. The highest BCUT2D eigenvalue weighted by Gasteiger charge is 2.28. The summed E-state index contributed by atoms with van der Waals surface area (Å²) in [6.45, 7) is 2.42. The topological polar surface area (TPSA) is 60.9 Å². The van der Waals surface area contributed by atoms with Crippen LogP contribution < -0.4 is 9.47 Å². The minimum Gasteiger partial charge on any atom is -0.493 e. The molecule has 0 atom stereocenters. The zero-order valence-electron chi connectivity index (χ0n) is 19.1. The van der Waals surface area contributed by atoms with Gasteiger partial charge in [0.15, 0.2) is 11.5 Å². The maximum Gasteiger partial charge on any atom is 0.255 e. The fraction of sp³-hybridized carbons (Fsp3) is 0.333. The third-order valence-electron chi connectivity index (χ3n) is 6.43. The number of methoxy groups -OCH3 is 2. The van der Waals surface area contributed by atoms with E-state index in [2.05, 4.69) is 6.08 Å². The Morgan fingerprint density at radius 2 is 1.82 bits per heavy atom. The van der Waals surface area contributed by atoms with Gasteiger partial charge in [-0.25, -0.2) is 4.98 Å². The number of fused-ring (bicyclic) bond motifs is 2. The van der Waals surface area contributed by atoms with E-state index in [9.17, 15) is 4.79 Å². The summed E-state index contributed by atoms with van der Waals surface area (Å²) in [7, 11) is 3.28. The van der Waals surface area contributed by atoms with Gasteiger partial charge in [-0.2, -0.15) is 0 Å². The second-order valence-corrected chi connectivity index (χ2v) is 8.37. The first-order chi connectivity index (χ1) is 16.2. The van der Waals surface area contributed by atoms with Crippen molar-refractivity contribution in [1.29, 1.82) is 0 Å². The first-order valence-corrected chi connectivity index (χ1v) is 11.4. The number of carbonyl (C=O) groups excluding carboxylic acids is 1. The molecule has 1 amide bonds. The van der Waals surface area contributed by atoms with Gasteiger partial charge in [-0.3, -0.25) is 4.79 Å². The van der Waals surface area contributed by atoms with Crippen LogP contribution in [0, 0.1) is 0 Å². The standard InChI is InChI=1S/C27H28N2O4/c1-31-23-11-10-18(17-24(23)32-2)16-19-6-5-8-21-25(27(30)29-12-14-33-15-13-29)20-7-3-4-9-22(20)28-26(19)21/h3-4,7,9-11,16-17H,5-6,8,12-15H2,1-2H3. The third-order valence-corrected chi connectivity index (χ3v) is 6.43. The quantitative estimate of drug-likeness (QED) is 0.589. The van der Waals surface area contributed by atoms with Crippen LogP contribution in [0.2, 0.25) is 0 Å². The number of pyridine rings is 1.